The van der Waals surface area contributed by atoms with Crippen molar-refractivity contribution in [3.63, 3.8) is 0 Å². The summed E-state index contributed by atoms with van der Waals surface area (Å²) < 4.78 is 41.9. The number of benzene rings is 1. The predicted molar refractivity (Wildman–Crippen MR) is 192 cm³/mol. The molecule has 2 aromatic rings. The fraction of sp³-hybridized carbons (Fsp3) is 0.725. The molecule has 1 aromatic carbocycles. The predicted octanol–water partition coefficient (Wildman–Crippen LogP) is 7.94. The van der Waals surface area contributed by atoms with Gasteiger partial charge >= 0.3 is 6.09 Å². The molecule has 0 spiro atoms. The zero-order valence-corrected chi connectivity index (χ0v) is 31.1. The Morgan fingerprint density at radius 3 is 2.56 bits per heavy atom. The van der Waals surface area contributed by atoms with Gasteiger partial charge in [-0.2, -0.15) is 8.78 Å². The van der Waals surface area contributed by atoms with Crippen molar-refractivity contribution in [2.75, 3.05) is 13.7 Å². The molecular weight excluding hydrogens is 670 g/mol. The van der Waals surface area contributed by atoms with Gasteiger partial charge in [0.05, 0.1) is 24.2 Å². The number of Topliss-reactive ketones (excluding diaryl/α,β-unsaturated/α-hetero) is 1. The first-order valence-electron chi connectivity index (χ1n) is 19.6. The minimum Gasteiger partial charge on any atom is -0.497 e. The number of alkyl halides is 2. The monoisotopic (exact) mass is 726 g/mol. The standard InChI is InChI=1S/C40H56F2N4O6/c1-5-25-16-18-46(35(25)24(3)47)38(49)33(19-23(2)26-11-7-6-8-12-26)45-39(50)52-34-21-27-20-30(27)29(34)13-9-10-17-40(41,42)36-37(48)44-32-22-28(51-4)14-15-31(32)43-36/h14-15,22-23,25-27,29-30,33-35H,5-13,16-21H2,1-4H3,(H,44,48)(H,45,50)/t23?,25-,27?,29-,30?,33?,34?,35-/m1/s1. The number of ether oxygens (including phenoxy) is 2. The van der Waals surface area contributed by atoms with Crippen molar-refractivity contribution in [2.45, 2.75) is 135 Å². The third kappa shape index (κ3) is 8.46. The van der Waals surface area contributed by atoms with Crippen LogP contribution in [0.4, 0.5) is 13.6 Å². The smallest absolute Gasteiger partial charge is 0.408 e. The molecule has 12 heteroatoms. The van der Waals surface area contributed by atoms with Crippen LogP contribution in [-0.4, -0.2) is 69.6 Å². The Balaban J connectivity index is 1.06. The number of rotatable bonds is 15. The number of amides is 2. The molecule has 5 unspecified atom stereocenters. The summed E-state index contributed by atoms with van der Waals surface area (Å²) in [5.74, 6) is -2.14. The number of alkyl carbamates (subject to hydrolysis) is 1. The van der Waals surface area contributed by atoms with Crippen molar-refractivity contribution < 1.29 is 37.7 Å². The van der Waals surface area contributed by atoms with Gasteiger partial charge in [-0.25, -0.2) is 14.8 Å². The number of carbonyl (C=O) groups excluding carboxylic acids is 3. The lowest BCUT2D eigenvalue weighted by atomic mass is 9.78. The van der Waals surface area contributed by atoms with E-state index in [0.29, 0.717) is 49.3 Å². The second kappa shape index (κ2) is 16.2. The summed E-state index contributed by atoms with van der Waals surface area (Å²) >= 11 is 0. The quantitative estimate of drug-likeness (QED) is 0.177. The van der Waals surface area contributed by atoms with Crippen molar-refractivity contribution in [1.82, 2.24) is 20.2 Å². The van der Waals surface area contributed by atoms with Crippen LogP contribution in [0.15, 0.2) is 18.2 Å². The van der Waals surface area contributed by atoms with E-state index in [1.807, 2.05) is 6.92 Å². The van der Waals surface area contributed by atoms with E-state index in [0.717, 1.165) is 38.5 Å². The Kier molecular flexibility index (Phi) is 11.9. The Bertz CT molecular complexity index is 1600. The fourth-order valence-corrected chi connectivity index (χ4v) is 9.68. The van der Waals surface area contributed by atoms with Crippen molar-refractivity contribution in [3.05, 3.63) is 23.9 Å². The number of likely N-dealkylation sites (tertiary alicyclic amines) is 1. The lowest BCUT2D eigenvalue weighted by molar-refractivity contribution is -0.140. The topological polar surface area (TPSA) is 131 Å². The van der Waals surface area contributed by atoms with Crippen LogP contribution in [0.1, 0.15) is 116 Å². The largest absolute Gasteiger partial charge is 0.497 e. The summed E-state index contributed by atoms with van der Waals surface area (Å²) in [5, 5.41) is 13.3. The second-order valence-electron chi connectivity index (χ2n) is 16.1. The molecule has 3 saturated carbocycles. The van der Waals surface area contributed by atoms with Gasteiger partial charge in [-0.3, -0.25) is 9.59 Å². The highest BCUT2D eigenvalue weighted by atomic mass is 19.3. The molecule has 2 amide bonds. The maximum absolute atomic E-state index is 15.3. The Morgan fingerprint density at radius 2 is 1.85 bits per heavy atom. The number of fused-ring (bicyclic) bond motifs is 2. The van der Waals surface area contributed by atoms with E-state index in [4.69, 9.17) is 9.47 Å². The summed E-state index contributed by atoms with van der Waals surface area (Å²) in [4.78, 5) is 50.0. The Labute approximate surface area is 305 Å². The molecular formula is C40H56F2N4O6. The molecule has 52 heavy (non-hydrogen) atoms. The zero-order valence-electron chi connectivity index (χ0n) is 31.1. The van der Waals surface area contributed by atoms with E-state index in [1.54, 1.807) is 17.9 Å². The van der Waals surface area contributed by atoms with E-state index in [-0.39, 0.29) is 53.0 Å². The van der Waals surface area contributed by atoms with Crippen LogP contribution in [0.5, 0.6) is 11.6 Å². The average molecular weight is 727 g/mol. The number of methoxy groups -OCH3 is 1. The number of nitrogens with zero attached hydrogens (tertiary/aromatic N) is 3. The highest BCUT2D eigenvalue weighted by Gasteiger charge is 2.54. The average Bonchev–Trinajstić information content (AvgIpc) is 3.60. The summed E-state index contributed by atoms with van der Waals surface area (Å²) in [6.07, 6.45) is 9.57. The normalized spacial score (nSPS) is 27.2. The molecule has 2 heterocycles. The van der Waals surface area contributed by atoms with Gasteiger partial charge < -0.3 is 24.8 Å². The number of aromatic nitrogens is 2. The molecule has 4 fully saturated rings. The first-order valence-corrected chi connectivity index (χ1v) is 19.6. The van der Waals surface area contributed by atoms with Gasteiger partial charge in [-0.15, -0.1) is 0 Å². The number of halogens is 2. The van der Waals surface area contributed by atoms with Crippen molar-refractivity contribution in [3.8, 4) is 11.6 Å². The number of unbranched alkanes of at least 4 members (excludes halogenated alkanes) is 1. The molecule has 3 aliphatic carbocycles. The highest BCUT2D eigenvalue weighted by Crippen LogP contribution is 2.58. The van der Waals surface area contributed by atoms with E-state index >= 15 is 8.78 Å². The third-order valence-electron chi connectivity index (χ3n) is 12.7. The SMILES string of the molecule is CC[C@@H]1CCN(C(=O)C(CC(C)C2CCCCC2)NC(=O)OC2CC3CC3[C@H]2CCCCC(F)(F)c2nc3ccc(OC)cc3nc2O)[C@@H]1C(C)=O. The number of nitrogens with one attached hydrogen (secondary N) is 1. The fourth-order valence-electron chi connectivity index (χ4n) is 9.68. The molecule has 4 aliphatic rings. The van der Waals surface area contributed by atoms with Crippen LogP contribution in [0.2, 0.25) is 0 Å². The lowest BCUT2D eigenvalue weighted by Crippen LogP contribution is -2.53. The van der Waals surface area contributed by atoms with Gasteiger partial charge in [0.1, 0.15) is 17.9 Å². The van der Waals surface area contributed by atoms with E-state index in [2.05, 4.69) is 22.2 Å². The molecule has 1 saturated heterocycles. The molecule has 2 N–H and O–H groups in total. The first kappa shape index (κ1) is 38.2. The molecule has 286 valence electrons. The van der Waals surface area contributed by atoms with Crippen LogP contribution in [0.25, 0.3) is 11.0 Å². The second-order valence-corrected chi connectivity index (χ2v) is 16.1. The van der Waals surface area contributed by atoms with Gasteiger partial charge in [-0.1, -0.05) is 58.8 Å². The lowest BCUT2D eigenvalue weighted by Gasteiger charge is -2.34. The summed E-state index contributed by atoms with van der Waals surface area (Å²) in [6, 6.07) is 3.42. The number of hydrogen-bond acceptors (Lipinski definition) is 8. The van der Waals surface area contributed by atoms with E-state index in [9.17, 15) is 19.5 Å². The third-order valence-corrected chi connectivity index (χ3v) is 12.7. The van der Waals surface area contributed by atoms with Crippen molar-refractivity contribution in [1.29, 1.82) is 0 Å². The van der Waals surface area contributed by atoms with Gasteiger partial charge in [0.2, 0.25) is 11.8 Å². The number of aromatic hydroxyl groups is 1. The Hall–Kier alpha value is -3.57. The van der Waals surface area contributed by atoms with E-state index < -0.39 is 42.1 Å². The summed E-state index contributed by atoms with van der Waals surface area (Å²) in [5.41, 5.74) is -0.224. The molecule has 8 atom stereocenters. The van der Waals surface area contributed by atoms with E-state index in [1.165, 1.54) is 38.5 Å². The van der Waals surface area contributed by atoms with Crippen LogP contribution in [0.3, 0.4) is 0 Å². The van der Waals surface area contributed by atoms with Gasteiger partial charge in [-0.05, 0) is 93.1 Å². The zero-order chi connectivity index (χ0) is 37.2. The van der Waals surface area contributed by atoms with Crippen LogP contribution in [0, 0.1) is 35.5 Å². The van der Waals surface area contributed by atoms with Crippen LogP contribution < -0.4 is 10.1 Å². The Morgan fingerprint density at radius 1 is 1.08 bits per heavy atom. The van der Waals surface area contributed by atoms with Crippen LogP contribution in [-0.2, 0) is 20.2 Å². The maximum atomic E-state index is 15.3. The van der Waals surface area contributed by atoms with Gasteiger partial charge in [0.25, 0.3) is 5.92 Å². The highest BCUT2D eigenvalue weighted by molar-refractivity contribution is 5.92. The number of ketones is 1. The minimum absolute atomic E-state index is 0.0202. The summed E-state index contributed by atoms with van der Waals surface area (Å²) in [6.45, 7) is 6.26. The van der Waals surface area contributed by atoms with Crippen molar-refractivity contribution in [2.24, 2.45) is 35.5 Å². The number of hydrogen-bond donors (Lipinski definition) is 2. The number of carbonyl (C=O) groups is 3. The molecule has 0 bridgehead atoms. The molecule has 10 nitrogen and oxygen atoms in total. The maximum Gasteiger partial charge on any atom is 0.408 e. The van der Waals surface area contributed by atoms with Crippen LogP contribution >= 0.6 is 0 Å². The first-order chi connectivity index (χ1) is 24.9. The molecule has 1 aliphatic heterocycles. The molecule has 6 rings (SSSR count). The summed E-state index contributed by atoms with van der Waals surface area (Å²) in [7, 11) is 1.48. The molecule has 0 radical (unpaired) electrons. The van der Waals surface area contributed by atoms with Gasteiger partial charge in [0.15, 0.2) is 11.5 Å². The minimum atomic E-state index is -3.37. The molecule has 1 aromatic heterocycles. The van der Waals surface area contributed by atoms with Gasteiger partial charge in [0, 0.05) is 19.0 Å². The van der Waals surface area contributed by atoms with Crippen molar-refractivity contribution >= 4 is 28.8 Å².